The molecule has 5 nitrogen and oxygen atoms in total. The van der Waals surface area contributed by atoms with Crippen molar-refractivity contribution in [3.63, 3.8) is 0 Å². The molecule has 3 saturated carbocycles. The molecule has 182 valence electrons. The van der Waals surface area contributed by atoms with Crippen LogP contribution in [0.4, 0.5) is 4.39 Å². The van der Waals surface area contributed by atoms with Crippen molar-refractivity contribution in [2.75, 3.05) is 0 Å². The van der Waals surface area contributed by atoms with Crippen LogP contribution in [0, 0.1) is 34.9 Å². The molecule has 3 N–H and O–H groups in total. The Kier molecular flexibility index (Phi) is 7.13. The molecule has 0 saturated heterocycles. The summed E-state index contributed by atoms with van der Waals surface area (Å²) in [5.74, 6) is -0.893. The number of halogens is 1. The van der Waals surface area contributed by atoms with Gasteiger partial charge in [0.1, 0.15) is 5.82 Å². The van der Waals surface area contributed by atoms with Gasteiger partial charge in [0.2, 0.25) is 5.91 Å². The summed E-state index contributed by atoms with van der Waals surface area (Å²) in [7, 11) is 0. The molecule has 3 aliphatic carbocycles. The number of aliphatic hydroxyl groups excluding tert-OH is 1. The minimum absolute atomic E-state index is 0.00291. The van der Waals surface area contributed by atoms with Crippen LogP contribution in [0.2, 0.25) is 0 Å². The molecule has 0 aromatic heterocycles. The van der Waals surface area contributed by atoms with Crippen molar-refractivity contribution in [3.8, 4) is 0 Å². The summed E-state index contributed by atoms with van der Waals surface area (Å²) >= 11 is 0. The molecule has 0 unspecified atom stereocenters. The van der Waals surface area contributed by atoms with Crippen LogP contribution in [0.25, 0.3) is 0 Å². The van der Waals surface area contributed by atoms with Gasteiger partial charge in [0, 0.05) is 23.6 Å². The van der Waals surface area contributed by atoms with E-state index in [4.69, 9.17) is 0 Å². The molecule has 7 atom stereocenters. The van der Waals surface area contributed by atoms with E-state index in [0.717, 1.165) is 38.5 Å². The Hall–Kier alpha value is -1.95. The van der Waals surface area contributed by atoms with Gasteiger partial charge in [-0.2, -0.15) is 0 Å². The quantitative estimate of drug-likeness (QED) is 0.610. The molecule has 33 heavy (non-hydrogen) atoms. The van der Waals surface area contributed by atoms with Gasteiger partial charge in [-0.15, -0.1) is 0 Å². The normalized spacial score (nSPS) is 35.5. The highest BCUT2D eigenvalue weighted by molar-refractivity contribution is 5.94. The first-order valence-electron chi connectivity index (χ1n) is 12.7. The zero-order chi connectivity index (χ0) is 23.8. The average Bonchev–Trinajstić information content (AvgIpc) is 3.28. The summed E-state index contributed by atoms with van der Waals surface area (Å²) < 4.78 is 13.6. The van der Waals surface area contributed by atoms with E-state index in [1.54, 1.807) is 12.1 Å². The van der Waals surface area contributed by atoms with Crippen LogP contribution in [0.5, 0.6) is 0 Å². The van der Waals surface area contributed by atoms with Crippen LogP contribution in [-0.2, 0) is 4.79 Å². The Labute approximate surface area is 196 Å². The van der Waals surface area contributed by atoms with Crippen LogP contribution < -0.4 is 10.6 Å². The molecule has 3 fully saturated rings. The van der Waals surface area contributed by atoms with Gasteiger partial charge < -0.3 is 15.7 Å². The lowest BCUT2D eigenvalue weighted by Gasteiger charge is -2.56. The first-order chi connectivity index (χ1) is 15.7. The van der Waals surface area contributed by atoms with E-state index in [9.17, 15) is 19.1 Å². The fourth-order valence-corrected chi connectivity index (χ4v) is 6.98. The number of carbonyl (C=O) groups excluding carboxylic acids is 2. The maximum absolute atomic E-state index is 13.6. The highest BCUT2D eigenvalue weighted by Gasteiger charge is 2.54. The summed E-state index contributed by atoms with van der Waals surface area (Å²) in [6, 6.07) is 5.93. The highest BCUT2D eigenvalue weighted by atomic mass is 19.1. The standard InChI is InChI=1S/C27H39FN2O3/c1-16(25(32)29-20-9-4-5-10-20)21-11-13-27(3)14-12-22(17(2)23(27)24(21)31)30-26(33)18-7-6-8-19(28)15-18/h6-8,15-17,20-24,31H,4-5,9-14H2,1-3H3,(H,29,32)(H,30,33)/t16-,17-,21-,22-,23+,24-,27+/m0/s1. The van der Waals surface area contributed by atoms with Crippen molar-refractivity contribution in [2.45, 2.75) is 90.3 Å². The van der Waals surface area contributed by atoms with Crippen molar-refractivity contribution in [1.29, 1.82) is 0 Å². The van der Waals surface area contributed by atoms with Crippen LogP contribution in [0.3, 0.4) is 0 Å². The SMILES string of the molecule is C[C@@H]1[C@@H]2[C@@H](O)[C@H]([C@H](C)C(=O)NC3CCCC3)CC[C@]2(C)CC[C@@H]1NC(=O)c1cccc(F)c1. The molecule has 3 aliphatic rings. The Bertz CT molecular complexity index is 871. The van der Waals surface area contributed by atoms with Gasteiger partial charge in [-0.3, -0.25) is 9.59 Å². The van der Waals surface area contributed by atoms with Crippen molar-refractivity contribution >= 4 is 11.8 Å². The topological polar surface area (TPSA) is 78.4 Å². The third kappa shape index (κ3) is 4.96. The molecule has 1 aromatic rings. The molecule has 4 rings (SSSR count). The second kappa shape index (κ2) is 9.73. The van der Waals surface area contributed by atoms with E-state index in [0.29, 0.717) is 5.56 Å². The molecule has 1 aromatic carbocycles. The van der Waals surface area contributed by atoms with Gasteiger partial charge in [0.25, 0.3) is 5.91 Å². The second-order valence-corrected chi connectivity index (χ2v) is 11.1. The van der Waals surface area contributed by atoms with Crippen molar-refractivity contribution in [1.82, 2.24) is 10.6 Å². The Morgan fingerprint density at radius 2 is 1.82 bits per heavy atom. The van der Waals surface area contributed by atoms with E-state index in [1.807, 2.05) is 6.92 Å². The molecular weight excluding hydrogens is 419 g/mol. The van der Waals surface area contributed by atoms with Crippen LogP contribution >= 0.6 is 0 Å². The molecule has 0 bridgehead atoms. The van der Waals surface area contributed by atoms with Crippen molar-refractivity contribution in [2.24, 2.45) is 29.1 Å². The van der Waals surface area contributed by atoms with E-state index in [1.165, 1.54) is 25.0 Å². The molecule has 0 aliphatic heterocycles. The lowest BCUT2D eigenvalue weighted by Crippen LogP contribution is -2.58. The Morgan fingerprint density at radius 3 is 2.52 bits per heavy atom. The zero-order valence-corrected chi connectivity index (χ0v) is 20.1. The highest BCUT2D eigenvalue weighted by Crippen LogP contribution is 2.55. The van der Waals surface area contributed by atoms with Gasteiger partial charge in [0.15, 0.2) is 0 Å². The number of amides is 2. The largest absolute Gasteiger partial charge is 0.392 e. The van der Waals surface area contributed by atoms with E-state index in [2.05, 4.69) is 24.5 Å². The van der Waals surface area contributed by atoms with E-state index >= 15 is 0 Å². The van der Waals surface area contributed by atoms with E-state index in [-0.39, 0.29) is 53.0 Å². The predicted octanol–water partition coefficient (Wildman–Crippen LogP) is 4.44. The summed E-state index contributed by atoms with van der Waals surface area (Å²) in [5.41, 5.74) is 0.312. The predicted molar refractivity (Wildman–Crippen MR) is 126 cm³/mol. The summed E-state index contributed by atoms with van der Waals surface area (Å²) in [6.07, 6.45) is 7.45. The number of benzene rings is 1. The Balaban J connectivity index is 1.45. The number of hydrogen-bond acceptors (Lipinski definition) is 3. The maximum Gasteiger partial charge on any atom is 0.251 e. The minimum Gasteiger partial charge on any atom is -0.392 e. The fraction of sp³-hybridized carbons (Fsp3) is 0.704. The third-order valence-corrected chi connectivity index (χ3v) is 9.05. The zero-order valence-electron chi connectivity index (χ0n) is 20.1. The molecule has 2 amide bonds. The fourth-order valence-electron chi connectivity index (χ4n) is 6.98. The number of carbonyl (C=O) groups is 2. The van der Waals surface area contributed by atoms with Gasteiger partial charge in [0.05, 0.1) is 6.10 Å². The number of nitrogens with one attached hydrogen (secondary N) is 2. The number of rotatable bonds is 5. The van der Waals surface area contributed by atoms with Gasteiger partial charge in [-0.05, 0) is 79.9 Å². The number of aliphatic hydroxyl groups is 1. The first-order valence-corrected chi connectivity index (χ1v) is 12.7. The van der Waals surface area contributed by atoms with Crippen molar-refractivity contribution < 1.29 is 19.1 Å². The number of hydrogen-bond donors (Lipinski definition) is 3. The second-order valence-electron chi connectivity index (χ2n) is 11.1. The molecular formula is C27H39FN2O3. The summed E-state index contributed by atoms with van der Waals surface area (Å²) in [4.78, 5) is 25.7. The Morgan fingerprint density at radius 1 is 1.12 bits per heavy atom. The molecule has 6 heteroatoms. The van der Waals surface area contributed by atoms with Crippen LogP contribution in [0.1, 0.15) is 82.5 Å². The van der Waals surface area contributed by atoms with Gasteiger partial charge in [-0.25, -0.2) is 4.39 Å². The van der Waals surface area contributed by atoms with E-state index < -0.39 is 11.9 Å². The van der Waals surface area contributed by atoms with Gasteiger partial charge in [-0.1, -0.05) is 39.7 Å². The summed E-state index contributed by atoms with van der Waals surface area (Å²) in [6.45, 7) is 6.31. The lowest BCUT2D eigenvalue weighted by atomic mass is 9.51. The maximum atomic E-state index is 13.6. The van der Waals surface area contributed by atoms with Crippen molar-refractivity contribution in [3.05, 3.63) is 35.6 Å². The third-order valence-electron chi connectivity index (χ3n) is 9.05. The number of fused-ring (bicyclic) bond motifs is 1. The molecule has 0 spiro atoms. The lowest BCUT2D eigenvalue weighted by molar-refractivity contribution is -0.142. The monoisotopic (exact) mass is 458 g/mol. The minimum atomic E-state index is -0.586. The van der Waals surface area contributed by atoms with Gasteiger partial charge >= 0.3 is 0 Å². The smallest absolute Gasteiger partial charge is 0.251 e. The average molecular weight is 459 g/mol. The summed E-state index contributed by atoms with van der Waals surface area (Å²) in [5, 5.41) is 17.9. The molecule has 0 radical (unpaired) electrons. The first kappa shape index (κ1) is 24.2. The van der Waals surface area contributed by atoms with Crippen LogP contribution in [-0.4, -0.2) is 35.1 Å². The van der Waals surface area contributed by atoms with Crippen LogP contribution in [0.15, 0.2) is 24.3 Å². The molecule has 0 heterocycles.